The molecule has 0 aliphatic carbocycles. The van der Waals surface area contributed by atoms with Crippen LogP contribution in [0.15, 0.2) is 36.8 Å². The van der Waals surface area contributed by atoms with Gasteiger partial charge in [0.25, 0.3) is 0 Å². The number of carboxylic acids is 1. The van der Waals surface area contributed by atoms with Gasteiger partial charge in [0, 0.05) is 12.3 Å². The van der Waals surface area contributed by atoms with Crippen LogP contribution in [0, 0.1) is 0 Å². The van der Waals surface area contributed by atoms with E-state index in [2.05, 4.69) is 9.97 Å². The molecule has 0 saturated heterocycles. The summed E-state index contributed by atoms with van der Waals surface area (Å²) in [5.41, 5.74) is 0.364. The highest BCUT2D eigenvalue weighted by atomic mass is 16.5. The van der Waals surface area contributed by atoms with E-state index in [1.54, 1.807) is 18.2 Å². The lowest BCUT2D eigenvalue weighted by molar-refractivity contribution is 0.0692. The Morgan fingerprint density at radius 3 is 2.75 bits per heavy atom. The minimum absolute atomic E-state index is 0.0356. The summed E-state index contributed by atoms with van der Waals surface area (Å²) < 4.78 is 10.9. The number of ether oxygens (including phenoxy) is 2. The van der Waals surface area contributed by atoms with Gasteiger partial charge in [-0.1, -0.05) is 6.07 Å². The van der Waals surface area contributed by atoms with Gasteiger partial charge >= 0.3 is 5.97 Å². The lowest BCUT2D eigenvalue weighted by Crippen LogP contribution is -2.08. The molecule has 0 amide bonds. The molecular weight excluding hydrogens is 260 g/mol. The van der Waals surface area contributed by atoms with Gasteiger partial charge < -0.3 is 14.6 Å². The van der Waals surface area contributed by atoms with Crippen molar-refractivity contribution in [2.75, 3.05) is 6.61 Å². The summed E-state index contributed by atoms with van der Waals surface area (Å²) in [6.07, 6.45) is 2.55. The third-order valence-electron chi connectivity index (χ3n) is 2.52. The summed E-state index contributed by atoms with van der Waals surface area (Å²) in [6, 6.07) is 7.14. The Balaban J connectivity index is 2.09. The van der Waals surface area contributed by atoms with Gasteiger partial charge in [0.1, 0.15) is 30.0 Å². The van der Waals surface area contributed by atoms with Crippen molar-refractivity contribution in [3.05, 3.63) is 48.0 Å². The van der Waals surface area contributed by atoms with Crippen molar-refractivity contribution >= 4 is 5.97 Å². The molecule has 0 aliphatic heterocycles. The second-order valence-corrected chi connectivity index (χ2v) is 3.88. The number of aromatic carboxylic acids is 1. The molecule has 0 bridgehead atoms. The first-order valence-electron chi connectivity index (χ1n) is 6.08. The largest absolute Gasteiger partial charge is 0.494 e. The van der Waals surface area contributed by atoms with Gasteiger partial charge in [0.15, 0.2) is 0 Å². The fourth-order valence-corrected chi connectivity index (χ4v) is 1.62. The molecule has 0 unspecified atom stereocenters. The lowest BCUT2D eigenvalue weighted by Gasteiger charge is -2.09. The summed E-state index contributed by atoms with van der Waals surface area (Å²) in [4.78, 5) is 18.6. The molecule has 0 aliphatic rings. The van der Waals surface area contributed by atoms with Gasteiger partial charge in [-0.05, 0) is 19.1 Å². The van der Waals surface area contributed by atoms with Gasteiger partial charge in [-0.2, -0.15) is 0 Å². The predicted molar refractivity (Wildman–Crippen MR) is 70.9 cm³/mol. The summed E-state index contributed by atoms with van der Waals surface area (Å²) in [5.74, 6) is 0.212. The van der Waals surface area contributed by atoms with Gasteiger partial charge in [-0.15, -0.1) is 0 Å². The van der Waals surface area contributed by atoms with Crippen LogP contribution in [-0.2, 0) is 6.61 Å². The Labute approximate surface area is 116 Å². The molecule has 104 valence electrons. The Hall–Kier alpha value is -2.63. The second kappa shape index (κ2) is 6.51. The fraction of sp³-hybridized carbons (Fsp3) is 0.214. The molecule has 0 spiro atoms. The number of hydrogen-bond donors (Lipinski definition) is 1. The first-order chi connectivity index (χ1) is 9.70. The molecule has 6 nitrogen and oxygen atoms in total. The smallest absolute Gasteiger partial charge is 0.339 e. The van der Waals surface area contributed by atoms with Crippen LogP contribution in [0.5, 0.6) is 11.5 Å². The highest BCUT2D eigenvalue weighted by Gasteiger charge is 2.11. The molecular formula is C14H14N2O4. The van der Waals surface area contributed by atoms with Gasteiger partial charge in [0.2, 0.25) is 0 Å². The van der Waals surface area contributed by atoms with E-state index in [0.29, 0.717) is 23.8 Å². The maximum Gasteiger partial charge on any atom is 0.339 e. The molecule has 2 rings (SSSR count). The van der Waals surface area contributed by atoms with Gasteiger partial charge in [-0.25, -0.2) is 14.8 Å². The highest BCUT2D eigenvalue weighted by Crippen LogP contribution is 2.20. The average Bonchev–Trinajstić information content (AvgIpc) is 2.46. The molecule has 1 heterocycles. The molecule has 20 heavy (non-hydrogen) atoms. The first kappa shape index (κ1) is 13.8. The average molecular weight is 274 g/mol. The van der Waals surface area contributed by atoms with Crippen molar-refractivity contribution in [1.82, 2.24) is 9.97 Å². The zero-order chi connectivity index (χ0) is 14.4. The van der Waals surface area contributed by atoms with E-state index in [9.17, 15) is 4.79 Å². The summed E-state index contributed by atoms with van der Waals surface area (Å²) in [6.45, 7) is 2.52. The number of carboxylic acid groups (broad SMARTS) is 1. The van der Waals surface area contributed by atoms with Crippen molar-refractivity contribution < 1.29 is 19.4 Å². The monoisotopic (exact) mass is 274 g/mol. The van der Waals surface area contributed by atoms with Crippen molar-refractivity contribution in [3.63, 3.8) is 0 Å². The number of nitrogens with zero attached hydrogens (tertiary/aromatic N) is 2. The standard InChI is InChI=1S/C14H14N2O4/c1-2-19-10-4-3-5-11(6-10)20-8-13-12(14(17)18)7-15-9-16-13/h3-7,9H,2,8H2,1H3,(H,17,18). The number of benzene rings is 1. The summed E-state index contributed by atoms with van der Waals surface area (Å²) in [7, 11) is 0. The van der Waals surface area contributed by atoms with E-state index < -0.39 is 5.97 Å². The maximum atomic E-state index is 11.0. The molecule has 0 fully saturated rings. The number of hydrogen-bond acceptors (Lipinski definition) is 5. The Morgan fingerprint density at radius 2 is 2.05 bits per heavy atom. The van der Waals surface area contributed by atoms with Gasteiger partial charge in [-0.3, -0.25) is 0 Å². The van der Waals surface area contributed by atoms with E-state index in [1.807, 2.05) is 13.0 Å². The molecule has 0 saturated carbocycles. The maximum absolute atomic E-state index is 11.0. The molecule has 1 aromatic carbocycles. The molecule has 0 atom stereocenters. The van der Waals surface area contributed by atoms with E-state index in [-0.39, 0.29) is 12.2 Å². The Kier molecular flexibility index (Phi) is 4.49. The van der Waals surface area contributed by atoms with E-state index in [1.165, 1.54) is 12.5 Å². The van der Waals surface area contributed by atoms with Crippen LogP contribution in [-0.4, -0.2) is 27.7 Å². The van der Waals surface area contributed by atoms with Crippen LogP contribution in [0.1, 0.15) is 23.0 Å². The molecule has 0 radical (unpaired) electrons. The number of aromatic nitrogens is 2. The number of carbonyl (C=O) groups is 1. The Bertz CT molecular complexity index is 601. The second-order valence-electron chi connectivity index (χ2n) is 3.88. The minimum Gasteiger partial charge on any atom is -0.494 e. The molecule has 2 aromatic rings. The topological polar surface area (TPSA) is 81.5 Å². The predicted octanol–water partition coefficient (Wildman–Crippen LogP) is 2.15. The fourth-order valence-electron chi connectivity index (χ4n) is 1.62. The van der Waals surface area contributed by atoms with Crippen LogP contribution in [0.2, 0.25) is 0 Å². The van der Waals surface area contributed by atoms with Crippen molar-refractivity contribution in [2.45, 2.75) is 13.5 Å². The van der Waals surface area contributed by atoms with Crippen LogP contribution in [0.4, 0.5) is 0 Å². The zero-order valence-electron chi connectivity index (χ0n) is 10.9. The normalized spacial score (nSPS) is 10.1. The third-order valence-corrected chi connectivity index (χ3v) is 2.52. The van der Waals surface area contributed by atoms with Crippen LogP contribution < -0.4 is 9.47 Å². The van der Waals surface area contributed by atoms with E-state index >= 15 is 0 Å². The molecule has 6 heteroatoms. The minimum atomic E-state index is -1.08. The highest BCUT2D eigenvalue weighted by molar-refractivity contribution is 5.88. The third kappa shape index (κ3) is 3.44. The summed E-state index contributed by atoms with van der Waals surface area (Å²) >= 11 is 0. The van der Waals surface area contributed by atoms with Crippen LogP contribution >= 0.6 is 0 Å². The van der Waals surface area contributed by atoms with Crippen molar-refractivity contribution in [3.8, 4) is 11.5 Å². The first-order valence-corrected chi connectivity index (χ1v) is 6.08. The van der Waals surface area contributed by atoms with Crippen molar-refractivity contribution in [1.29, 1.82) is 0 Å². The van der Waals surface area contributed by atoms with E-state index in [4.69, 9.17) is 14.6 Å². The summed E-state index contributed by atoms with van der Waals surface area (Å²) in [5, 5.41) is 9.02. The quantitative estimate of drug-likeness (QED) is 0.869. The molecule has 1 N–H and O–H groups in total. The van der Waals surface area contributed by atoms with Gasteiger partial charge in [0.05, 0.1) is 12.3 Å². The number of rotatable bonds is 6. The van der Waals surface area contributed by atoms with Crippen LogP contribution in [0.3, 0.4) is 0 Å². The zero-order valence-corrected chi connectivity index (χ0v) is 10.9. The molecule has 1 aromatic heterocycles. The Morgan fingerprint density at radius 1 is 1.30 bits per heavy atom. The van der Waals surface area contributed by atoms with E-state index in [0.717, 1.165) is 0 Å². The SMILES string of the molecule is CCOc1cccc(OCc2ncncc2C(=O)O)c1. The van der Waals surface area contributed by atoms with Crippen molar-refractivity contribution in [2.24, 2.45) is 0 Å². The van der Waals surface area contributed by atoms with Crippen LogP contribution in [0.25, 0.3) is 0 Å². The lowest BCUT2D eigenvalue weighted by atomic mass is 10.2.